The molecule has 3 heterocycles. The van der Waals surface area contributed by atoms with Crippen molar-refractivity contribution in [2.45, 2.75) is 23.2 Å². The third kappa shape index (κ3) is 1.26. The quantitative estimate of drug-likeness (QED) is 0.699. The second kappa shape index (κ2) is 3.26. The zero-order valence-electron chi connectivity index (χ0n) is 8.09. The second-order valence-corrected chi connectivity index (χ2v) is 7.67. The maximum atomic E-state index is 5.86. The first-order valence-corrected chi connectivity index (χ1v) is 7.91. The van der Waals surface area contributed by atoms with Gasteiger partial charge in [-0.2, -0.15) is 0 Å². The minimum Gasteiger partial charge on any atom is -0.459 e. The van der Waals surface area contributed by atoms with Gasteiger partial charge < -0.3 is 4.42 Å². The zero-order valence-corrected chi connectivity index (χ0v) is 10.7. The second-order valence-electron chi connectivity index (χ2n) is 3.50. The van der Waals surface area contributed by atoms with E-state index in [0.717, 1.165) is 25.6 Å². The van der Waals surface area contributed by atoms with E-state index in [-0.39, 0.29) is 0 Å². The van der Waals surface area contributed by atoms with E-state index >= 15 is 0 Å². The molecule has 0 aliphatic carbocycles. The lowest BCUT2D eigenvalue weighted by Gasteiger charge is -2.01. The minimum absolute atomic E-state index is 0.774. The fourth-order valence-electron chi connectivity index (χ4n) is 1.80. The van der Waals surface area contributed by atoms with Crippen LogP contribution in [0.25, 0.3) is 10.3 Å². The molecule has 0 aromatic carbocycles. The largest absolute Gasteiger partial charge is 0.459 e. The van der Waals surface area contributed by atoms with E-state index in [9.17, 15) is 0 Å². The Hall–Kier alpha value is 0.0200. The Bertz CT molecular complexity index is 485. The smallest absolute Gasteiger partial charge is 0.146 e. The summed E-state index contributed by atoms with van der Waals surface area (Å²) in [6, 6.07) is 2.15. The van der Waals surface area contributed by atoms with Gasteiger partial charge in [0.25, 0.3) is 0 Å². The number of thiophene rings is 1. The van der Waals surface area contributed by atoms with Gasteiger partial charge in [-0.1, -0.05) is 0 Å². The molecule has 0 spiro atoms. The van der Waals surface area contributed by atoms with Crippen LogP contribution in [-0.4, -0.2) is 11.7 Å². The highest BCUT2D eigenvalue weighted by molar-refractivity contribution is 8.04. The molecule has 4 heteroatoms. The molecule has 1 aliphatic rings. The molecule has 0 N–H and O–H groups in total. The first-order chi connectivity index (χ1) is 6.78. The first-order valence-electron chi connectivity index (χ1n) is 4.63. The third-order valence-electron chi connectivity index (χ3n) is 2.47. The fraction of sp³-hybridized carbons (Fsp3) is 0.400. The highest BCUT2D eigenvalue weighted by Gasteiger charge is 2.28. The van der Waals surface area contributed by atoms with Gasteiger partial charge in [0.05, 0.1) is 9.60 Å². The molecule has 74 valence electrons. The Balaban J connectivity index is 2.14. The molecular weight excluding hydrogens is 231 g/mol. The maximum Gasteiger partial charge on any atom is 0.146 e. The van der Waals surface area contributed by atoms with E-state index < -0.39 is 0 Å². The van der Waals surface area contributed by atoms with Crippen molar-refractivity contribution in [3.63, 3.8) is 0 Å². The molecule has 1 aliphatic heterocycles. The van der Waals surface area contributed by atoms with Crippen LogP contribution in [0.4, 0.5) is 0 Å². The summed E-state index contributed by atoms with van der Waals surface area (Å²) in [5.41, 5.74) is 1.10. The van der Waals surface area contributed by atoms with E-state index in [0.29, 0.717) is 0 Å². The van der Waals surface area contributed by atoms with Gasteiger partial charge in [0, 0.05) is 16.3 Å². The van der Waals surface area contributed by atoms with Crippen molar-refractivity contribution in [3.8, 4) is 0 Å². The van der Waals surface area contributed by atoms with Gasteiger partial charge in [-0.25, -0.2) is 0 Å². The van der Waals surface area contributed by atoms with Crippen LogP contribution < -0.4 is 0 Å². The number of aryl methyl sites for hydroxylation is 1. The topological polar surface area (TPSA) is 13.1 Å². The summed E-state index contributed by atoms with van der Waals surface area (Å²) in [4.78, 5) is 3.55. The highest BCUT2D eigenvalue weighted by atomic mass is 32.2. The molecule has 2 unspecified atom stereocenters. The summed E-state index contributed by atoms with van der Waals surface area (Å²) in [6.45, 7) is 4.42. The van der Waals surface area contributed by atoms with E-state index in [2.05, 4.69) is 19.7 Å². The lowest BCUT2D eigenvalue weighted by Crippen LogP contribution is -1.89. The molecule has 2 aromatic rings. The predicted octanol–water partition coefficient (Wildman–Crippen LogP) is 4.09. The van der Waals surface area contributed by atoms with Crippen molar-refractivity contribution in [3.05, 3.63) is 16.7 Å². The summed E-state index contributed by atoms with van der Waals surface area (Å²) in [5.74, 6) is 1.23. The van der Waals surface area contributed by atoms with Crippen LogP contribution in [-0.2, 0) is 6.42 Å². The van der Waals surface area contributed by atoms with E-state index in [1.807, 2.05) is 23.1 Å². The predicted molar refractivity (Wildman–Crippen MR) is 66.4 cm³/mol. The van der Waals surface area contributed by atoms with Gasteiger partial charge in [0.15, 0.2) is 0 Å². The van der Waals surface area contributed by atoms with Crippen LogP contribution in [0.3, 0.4) is 0 Å². The Morgan fingerprint density at radius 3 is 3.21 bits per heavy atom. The molecule has 1 nitrogen and oxygen atoms in total. The van der Waals surface area contributed by atoms with Crippen LogP contribution in [0.15, 0.2) is 15.4 Å². The van der Waals surface area contributed by atoms with Crippen molar-refractivity contribution in [1.29, 1.82) is 0 Å². The number of hydrogen-bond donors (Lipinski definition) is 0. The summed E-state index contributed by atoms with van der Waals surface area (Å²) in [7, 11) is 1.01. The van der Waals surface area contributed by atoms with E-state index in [1.165, 1.54) is 20.2 Å². The number of rotatable bonds is 1. The van der Waals surface area contributed by atoms with Crippen molar-refractivity contribution in [2.24, 2.45) is 0 Å². The zero-order chi connectivity index (χ0) is 9.71. The monoisotopic (exact) mass is 242 g/mol. The molecule has 2 atom stereocenters. The molecule has 3 rings (SSSR count). The average molecular weight is 242 g/mol. The van der Waals surface area contributed by atoms with Crippen LogP contribution >= 0.6 is 31.7 Å². The Morgan fingerprint density at radius 2 is 2.43 bits per heavy atom. The van der Waals surface area contributed by atoms with Crippen molar-refractivity contribution >= 4 is 42.0 Å². The van der Waals surface area contributed by atoms with Gasteiger partial charge in [-0.3, -0.25) is 0 Å². The summed E-state index contributed by atoms with van der Waals surface area (Å²) in [5, 5.41) is 0. The number of thioether (sulfide) groups is 1. The van der Waals surface area contributed by atoms with E-state index in [1.54, 1.807) is 0 Å². The average Bonchev–Trinajstić information content (AvgIpc) is 2.74. The maximum absolute atomic E-state index is 5.86. The Kier molecular flexibility index (Phi) is 2.16. The third-order valence-corrected chi connectivity index (χ3v) is 6.67. The number of furan rings is 1. The molecule has 2 aromatic heterocycles. The van der Waals surface area contributed by atoms with Gasteiger partial charge in [-0.05, 0) is 19.7 Å². The SMILES string of the molecule is CPC1Cc2oc3cc(C)sc3c2S1. The molecule has 0 saturated heterocycles. The molecular formula is C10H11OPS2. The standard InChI is InChI=1S/C10H11OPS2/c1-5-3-6-9(13-5)10-7(11-6)4-8(12-2)14-10/h3,8,12H,4H2,1-2H3. The van der Waals surface area contributed by atoms with Crippen molar-refractivity contribution in [2.75, 3.05) is 6.66 Å². The first kappa shape index (κ1) is 9.26. The summed E-state index contributed by atoms with van der Waals surface area (Å²) < 4.78 is 7.24. The summed E-state index contributed by atoms with van der Waals surface area (Å²) >= 11 is 3.88. The normalized spacial score (nSPS) is 21.4. The van der Waals surface area contributed by atoms with Crippen molar-refractivity contribution in [1.82, 2.24) is 0 Å². The van der Waals surface area contributed by atoms with Crippen LogP contribution in [0.1, 0.15) is 10.6 Å². The fourth-order valence-corrected chi connectivity index (χ4v) is 5.16. The highest BCUT2D eigenvalue weighted by Crippen LogP contribution is 2.50. The summed E-state index contributed by atoms with van der Waals surface area (Å²) in [6.07, 6.45) is 1.13. The molecule has 0 amide bonds. The van der Waals surface area contributed by atoms with Gasteiger partial charge in [0.2, 0.25) is 0 Å². The number of fused-ring (bicyclic) bond motifs is 3. The molecule has 0 radical (unpaired) electrons. The van der Waals surface area contributed by atoms with Gasteiger partial charge >= 0.3 is 0 Å². The van der Waals surface area contributed by atoms with Crippen LogP contribution in [0.5, 0.6) is 0 Å². The van der Waals surface area contributed by atoms with Crippen LogP contribution in [0, 0.1) is 6.92 Å². The van der Waals surface area contributed by atoms with Crippen LogP contribution in [0.2, 0.25) is 0 Å². The van der Waals surface area contributed by atoms with Gasteiger partial charge in [0.1, 0.15) is 11.3 Å². The lowest BCUT2D eigenvalue weighted by molar-refractivity contribution is 0.550. The molecule has 0 bridgehead atoms. The molecule has 14 heavy (non-hydrogen) atoms. The molecule has 0 fully saturated rings. The lowest BCUT2D eigenvalue weighted by atomic mass is 10.3. The van der Waals surface area contributed by atoms with Gasteiger partial charge in [-0.15, -0.1) is 31.7 Å². The number of hydrogen-bond acceptors (Lipinski definition) is 3. The van der Waals surface area contributed by atoms with E-state index in [4.69, 9.17) is 4.42 Å². The minimum atomic E-state index is 0.774. The molecule has 0 saturated carbocycles. The Labute approximate surface area is 93.0 Å². The van der Waals surface area contributed by atoms with Crippen molar-refractivity contribution < 1.29 is 4.42 Å². The Morgan fingerprint density at radius 1 is 1.57 bits per heavy atom.